The molecule has 1 aliphatic heterocycles. The molecular weight excluding hydrogens is 415 g/mol. The number of esters is 1. The Balaban J connectivity index is 1.76. The molecule has 0 radical (unpaired) electrons. The van der Waals surface area contributed by atoms with E-state index in [9.17, 15) is 18.8 Å². The number of ether oxygens (including phenoxy) is 3. The molecule has 0 spiro atoms. The summed E-state index contributed by atoms with van der Waals surface area (Å²) in [7, 11) is 1.26. The van der Waals surface area contributed by atoms with Crippen molar-refractivity contribution in [3.8, 4) is 5.75 Å². The second-order valence-electron chi connectivity index (χ2n) is 6.34. The number of methoxy groups -OCH3 is 1. The summed E-state index contributed by atoms with van der Waals surface area (Å²) in [5.74, 6) is -1.76. The SMILES string of the molecule is CCOC(=O)N1CCc2c(sc(NC(=O)COc3ccccc3F)c2C(=O)OC)C1. The number of nitrogens with one attached hydrogen (secondary N) is 1. The lowest BCUT2D eigenvalue weighted by molar-refractivity contribution is -0.118. The predicted octanol–water partition coefficient (Wildman–Crippen LogP) is 3.21. The largest absolute Gasteiger partial charge is 0.481 e. The number of para-hydroxylation sites is 1. The topological polar surface area (TPSA) is 94.2 Å². The summed E-state index contributed by atoms with van der Waals surface area (Å²) < 4.78 is 28.7. The minimum Gasteiger partial charge on any atom is -0.481 e. The molecular formula is C20H21FN2O6S. The minimum atomic E-state index is -0.581. The summed E-state index contributed by atoms with van der Waals surface area (Å²) in [5.41, 5.74) is 0.998. The van der Waals surface area contributed by atoms with Crippen molar-refractivity contribution in [1.29, 1.82) is 0 Å². The van der Waals surface area contributed by atoms with Gasteiger partial charge in [0.05, 0.1) is 25.8 Å². The van der Waals surface area contributed by atoms with E-state index < -0.39 is 30.4 Å². The molecule has 1 aliphatic rings. The first-order chi connectivity index (χ1) is 14.4. The third-order valence-corrected chi connectivity index (χ3v) is 5.55. The Hall–Kier alpha value is -3.14. The lowest BCUT2D eigenvalue weighted by atomic mass is 10.0. The predicted molar refractivity (Wildman–Crippen MR) is 107 cm³/mol. The maximum absolute atomic E-state index is 13.6. The number of thiophene rings is 1. The highest BCUT2D eigenvalue weighted by Gasteiger charge is 2.31. The highest BCUT2D eigenvalue weighted by molar-refractivity contribution is 7.17. The number of carbonyl (C=O) groups is 3. The standard InChI is InChI=1S/C20H21FN2O6S/c1-3-28-20(26)23-9-8-12-15(10-23)30-18(17(12)19(25)27-2)22-16(24)11-29-14-7-5-4-6-13(14)21/h4-7H,3,8-11H2,1-2H3,(H,22,24). The van der Waals surface area contributed by atoms with Crippen LogP contribution in [0.25, 0.3) is 0 Å². The van der Waals surface area contributed by atoms with E-state index >= 15 is 0 Å². The van der Waals surface area contributed by atoms with Crippen molar-refractivity contribution >= 4 is 34.3 Å². The van der Waals surface area contributed by atoms with Crippen molar-refractivity contribution in [2.24, 2.45) is 0 Å². The van der Waals surface area contributed by atoms with E-state index in [4.69, 9.17) is 14.2 Å². The van der Waals surface area contributed by atoms with Crippen molar-refractivity contribution in [3.05, 3.63) is 46.1 Å². The average Bonchev–Trinajstić information content (AvgIpc) is 3.09. The van der Waals surface area contributed by atoms with Crippen molar-refractivity contribution < 1.29 is 33.0 Å². The number of rotatable bonds is 6. The fourth-order valence-electron chi connectivity index (χ4n) is 3.05. The maximum atomic E-state index is 13.6. The highest BCUT2D eigenvalue weighted by Crippen LogP contribution is 2.37. The fourth-order valence-corrected chi connectivity index (χ4v) is 4.32. The second-order valence-corrected chi connectivity index (χ2v) is 7.44. The van der Waals surface area contributed by atoms with Gasteiger partial charge in [-0.05, 0) is 31.0 Å². The first kappa shape index (κ1) is 21.6. The Morgan fingerprint density at radius 3 is 2.73 bits per heavy atom. The van der Waals surface area contributed by atoms with Crippen LogP contribution in [-0.2, 0) is 27.2 Å². The zero-order valence-corrected chi connectivity index (χ0v) is 17.3. The monoisotopic (exact) mass is 436 g/mol. The molecule has 160 valence electrons. The summed E-state index contributed by atoms with van der Waals surface area (Å²) in [5, 5.41) is 2.94. The molecule has 0 saturated heterocycles. The van der Waals surface area contributed by atoms with Gasteiger partial charge >= 0.3 is 12.1 Å². The van der Waals surface area contributed by atoms with Crippen LogP contribution in [0.2, 0.25) is 0 Å². The van der Waals surface area contributed by atoms with Gasteiger partial charge in [0.2, 0.25) is 0 Å². The fraction of sp³-hybridized carbons (Fsp3) is 0.350. The van der Waals surface area contributed by atoms with Gasteiger partial charge in [0.15, 0.2) is 18.2 Å². The molecule has 2 heterocycles. The molecule has 0 atom stereocenters. The number of carbonyl (C=O) groups excluding carboxylic acids is 3. The smallest absolute Gasteiger partial charge is 0.410 e. The van der Waals surface area contributed by atoms with Gasteiger partial charge < -0.3 is 24.4 Å². The third kappa shape index (κ3) is 4.70. The quantitative estimate of drug-likeness (QED) is 0.699. The van der Waals surface area contributed by atoms with E-state index in [1.807, 2.05) is 0 Å². The van der Waals surface area contributed by atoms with Gasteiger partial charge in [0, 0.05) is 11.4 Å². The van der Waals surface area contributed by atoms with Crippen LogP contribution in [0.4, 0.5) is 14.2 Å². The molecule has 0 unspecified atom stereocenters. The van der Waals surface area contributed by atoms with Crippen LogP contribution in [0.15, 0.2) is 24.3 Å². The number of fused-ring (bicyclic) bond motifs is 1. The van der Waals surface area contributed by atoms with Gasteiger partial charge in [-0.3, -0.25) is 4.79 Å². The Morgan fingerprint density at radius 1 is 1.27 bits per heavy atom. The zero-order valence-electron chi connectivity index (χ0n) is 16.5. The van der Waals surface area contributed by atoms with Crippen LogP contribution >= 0.6 is 11.3 Å². The van der Waals surface area contributed by atoms with Crippen LogP contribution in [0.3, 0.4) is 0 Å². The molecule has 3 rings (SSSR count). The van der Waals surface area contributed by atoms with Gasteiger partial charge in [0.25, 0.3) is 5.91 Å². The average molecular weight is 436 g/mol. The van der Waals surface area contributed by atoms with E-state index in [0.717, 1.165) is 10.4 Å². The van der Waals surface area contributed by atoms with Crippen molar-refractivity contribution in [1.82, 2.24) is 4.90 Å². The lowest BCUT2D eigenvalue weighted by Crippen LogP contribution is -2.36. The highest BCUT2D eigenvalue weighted by atomic mass is 32.1. The van der Waals surface area contributed by atoms with Crippen molar-refractivity contribution in [3.63, 3.8) is 0 Å². The lowest BCUT2D eigenvalue weighted by Gasteiger charge is -2.26. The minimum absolute atomic E-state index is 0.0450. The normalized spacial score (nSPS) is 12.7. The molecule has 0 fully saturated rings. The third-order valence-electron chi connectivity index (χ3n) is 4.42. The molecule has 1 aromatic heterocycles. The summed E-state index contributed by atoms with van der Waals surface area (Å²) >= 11 is 1.19. The maximum Gasteiger partial charge on any atom is 0.410 e. The number of benzene rings is 1. The van der Waals surface area contributed by atoms with Gasteiger partial charge in [-0.1, -0.05) is 12.1 Å². The van der Waals surface area contributed by atoms with Gasteiger partial charge in [-0.25, -0.2) is 14.0 Å². The summed E-state index contributed by atoms with van der Waals surface area (Å²) in [4.78, 5) is 39.0. The zero-order chi connectivity index (χ0) is 21.7. The summed E-state index contributed by atoms with van der Waals surface area (Å²) in [6.07, 6.45) is -0.00326. The Labute approximate surface area is 176 Å². The summed E-state index contributed by atoms with van der Waals surface area (Å²) in [6, 6.07) is 5.75. The number of anilines is 1. The summed E-state index contributed by atoms with van der Waals surface area (Å²) in [6.45, 7) is 2.22. The van der Waals surface area contributed by atoms with Crippen molar-refractivity contribution in [2.45, 2.75) is 19.9 Å². The Bertz CT molecular complexity index is 961. The number of hydrogen-bond donors (Lipinski definition) is 1. The molecule has 10 heteroatoms. The van der Waals surface area contributed by atoms with E-state index in [-0.39, 0.29) is 24.5 Å². The van der Waals surface area contributed by atoms with Crippen LogP contribution < -0.4 is 10.1 Å². The van der Waals surface area contributed by atoms with Crippen LogP contribution in [0.1, 0.15) is 27.7 Å². The molecule has 0 aliphatic carbocycles. The molecule has 2 amide bonds. The molecule has 1 aromatic carbocycles. The molecule has 0 saturated carbocycles. The van der Waals surface area contributed by atoms with Crippen LogP contribution in [0, 0.1) is 5.82 Å². The van der Waals surface area contributed by atoms with E-state index in [2.05, 4.69) is 5.32 Å². The van der Waals surface area contributed by atoms with Crippen molar-refractivity contribution in [2.75, 3.05) is 32.2 Å². The first-order valence-corrected chi connectivity index (χ1v) is 10.1. The number of amides is 2. The van der Waals surface area contributed by atoms with Gasteiger partial charge in [-0.15, -0.1) is 11.3 Å². The molecule has 1 N–H and O–H groups in total. The molecule has 2 aromatic rings. The molecule has 30 heavy (non-hydrogen) atoms. The van der Waals surface area contributed by atoms with E-state index in [1.165, 1.54) is 41.5 Å². The number of hydrogen-bond acceptors (Lipinski definition) is 7. The first-order valence-electron chi connectivity index (χ1n) is 9.26. The molecule has 0 bridgehead atoms. The molecule has 8 nitrogen and oxygen atoms in total. The Kier molecular flexibility index (Phi) is 6.88. The Morgan fingerprint density at radius 2 is 2.03 bits per heavy atom. The van der Waals surface area contributed by atoms with E-state index in [1.54, 1.807) is 13.0 Å². The van der Waals surface area contributed by atoms with Gasteiger partial charge in [0.1, 0.15) is 5.00 Å². The second kappa shape index (κ2) is 9.57. The van der Waals surface area contributed by atoms with Crippen LogP contribution in [-0.4, -0.2) is 49.7 Å². The van der Waals surface area contributed by atoms with Gasteiger partial charge in [-0.2, -0.15) is 0 Å². The van der Waals surface area contributed by atoms with E-state index in [0.29, 0.717) is 18.0 Å². The number of nitrogens with zero attached hydrogens (tertiary/aromatic N) is 1. The number of halogens is 1. The van der Waals surface area contributed by atoms with Crippen LogP contribution in [0.5, 0.6) is 5.75 Å².